The number of hydrogen-bond donors (Lipinski definition) is 1. The summed E-state index contributed by atoms with van der Waals surface area (Å²) >= 11 is 0. The maximum absolute atomic E-state index is 11.9. The van der Waals surface area contributed by atoms with Crippen molar-refractivity contribution in [3.05, 3.63) is 0 Å². The van der Waals surface area contributed by atoms with Crippen LogP contribution in [-0.2, 0) is 19.1 Å². The Hall–Kier alpha value is -1.10. The number of methoxy groups -OCH3 is 1. The summed E-state index contributed by atoms with van der Waals surface area (Å²) in [5, 5.41) is 2.72. The molecule has 0 bridgehead atoms. The summed E-state index contributed by atoms with van der Waals surface area (Å²) in [7, 11) is 1.33. The van der Waals surface area contributed by atoms with E-state index in [9.17, 15) is 9.59 Å². The highest BCUT2D eigenvalue weighted by Gasteiger charge is 2.31. The van der Waals surface area contributed by atoms with Crippen molar-refractivity contribution in [1.82, 2.24) is 5.32 Å². The molecule has 98 valence electrons. The molecule has 1 saturated heterocycles. The quantitative estimate of drug-likeness (QED) is 0.728. The van der Waals surface area contributed by atoms with Gasteiger partial charge in [-0.1, -0.05) is 20.3 Å². The highest BCUT2D eigenvalue weighted by atomic mass is 16.5. The molecule has 1 amide bonds. The number of hydrogen-bond acceptors (Lipinski definition) is 4. The maximum Gasteiger partial charge on any atom is 0.328 e. The molecular formula is C12H21NO4. The van der Waals surface area contributed by atoms with Crippen molar-refractivity contribution in [2.45, 2.75) is 45.3 Å². The van der Waals surface area contributed by atoms with E-state index in [4.69, 9.17) is 9.47 Å². The van der Waals surface area contributed by atoms with E-state index in [0.29, 0.717) is 6.61 Å². The maximum atomic E-state index is 11.9. The van der Waals surface area contributed by atoms with Crippen LogP contribution in [0, 0.1) is 5.92 Å². The Morgan fingerprint density at radius 1 is 1.53 bits per heavy atom. The number of rotatable bonds is 5. The van der Waals surface area contributed by atoms with Crippen LogP contribution in [-0.4, -0.2) is 37.7 Å². The van der Waals surface area contributed by atoms with Crippen LogP contribution in [0.25, 0.3) is 0 Å². The van der Waals surface area contributed by atoms with Crippen molar-refractivity contribution in [3.63, 3.8) is 0 Å². The van der Waals surface area contributed by atoms with Gasteiger partial charge in [-0.2, -0.15) is 0 Å². The van der Waals surface area contributed by atoms with Gasteiger partial charge >= 0.3 is 5.97 Å². The molecule has 0 aromatic heterocycles. The van der Waals surface area contributed by atoms with E-state index < -0.39 is 18.1 Å². The SMILES string of the molecule is CC[C@@H](C)[C@H](NC(=O)[C@H]1CCCO1)C(=O)OC. The van der Waals surface area contributed by atoms with Crippen molar-refractivity contribution < 1.29 is 19.1 Å². The average molecular weight is 243 g/mol. The highest BCUT2D eigenvalue weighted by Crippen LogP contribution is 2.14. The Bertz CT molecular complexity index is 274. The van der Waals surface area contributed by atoms with Gasteiger partial charge in [-0.05, 0) is 18.8 Å². The Morgan fingerprint density at radius 2 is 2.24 bits per heavy atom. The molecule has 1 N–H and O–H groups in total. The van der Waals surface area contributed by atoms with E-state index in [1.807, 2.05) is 13.8 Å². The lowest BCUT2D eigenvalue weighted by Gasteiger charge is -2.23. The van der Waals surface area contributed by atoms with Gasteiger partial charge in [0.2, 0.25) is 5.91 Å². The second-order valence-electron chi connectivity index (χ2n) is 4.40. The van der Waals surface area contributed by atoms with Gasteiger partial charge in [-0.25, -0.2) is 4.79 Å². The predicted molar refractivity (Wildman–Crippen MR) is 62.4 cm³/mol. The zero-order valence-corrected chi connectivity index (χ0v) is 10.7. The monoisotopic (exact) mass is 243 g/mol. The Morgan fingerprint density at radius 3 is 2.71 bits per heavy atom. The lowest BCUT2D eigenvalue weighted by Crippen LogP contribution is -2.49. The van der Waals surface area contributed by atoms with Gasteiger partial charge in [0.25, 0.3) is 0 Å². The standard InChI is InChI=1S/C12H21NO4/c1-4-8(2)10(12(15)16-3)13-11(14)9-6-5-7-17-9/h8-10H,4-7H2,1-3H3,(H,13,14)/t8-,9-,10+/m1/s1. The molecule has 1 heterocycles. The van der Waals surface area contributed by atoms with Crippen LogP contribution in [0.4, 0.5) is 0 Å². The average Bonchev–Trinajstić information content (AvgIpc) is 2.87. The highest BCUT2D eigenvalue weighted by molar-refractivity contribution is 5.87. The zero-order chi connectivity index (χ0) is 12.8. The molecule has 0 aromatic carbocycles. The molecule has 0 spiro atoms. The first-order chi connectivity index (χ1) is 8.10. The van der Waals surface area contributed by atoms with Crippen molar-refractivity contribution in [2.75, 3.05) is 13.7 Å². The third kappa shape index (κ3) is 3.70. The summed E-state index contributed by atoms with van der Waals surface area (Å²) in [5.41, 5.74) is 0. The number of nitrogens with one attached hydrogen (secondary N) is 1. The van der Waals surface area contributed by atoms with Crippen molar-refractivity contribution in [1.29, 1.82) is 0 Å². The molecule has 0 unspecified atom stereocenters. The second-order valence-corrected chi connectivity index (χ2v) is 4.40. The summed E-state index contributed by atoms with van der Waals surface area (Å²) < 4.78 is 9.98. The minimum Gasteiger partial charge on any atom is -0.467 e. The number of esters is 1. The van der Waals surface area contributed by atoms with Gasteiger partial charge in [-0.15, -0.1) is 0 Å². The minimum absolute atomic E-state index is 0.0489. The summed E-state index contributed by atoms with van der Waals surface area (Å²) in [4.78, 5) is 23.4. The van der Waals surface area contributed by atoms with Gasteiger partial charge in [0.05, 0.1) is 7.11 Å². The van der Waals surface area contributed by atoms with Gasteiger partial charge in [0.1, 0.15) is 12.1 Å². The van der Waals surface area contributed by atoms with Crippen LogP contribution in [0.3, 0.4) is 0 Å². The summed E-state index contributed by atoms with van der Waals surface area (Å²) in [6.07, 6.45) is 2.00. The molecule has 1 aliphatic rings. The van der Waals surface area contributed by atoms with E-state index in [0.717, 1.165) is 19.3 Å². The molecule has 5 heteroatoms. The number of ether oxygens (including phenoxy) is 2. The fraction of sp³-hybridized carbons (Fsp3) is 0.833. The normalized spacial score (nSPS) is 22.9. The lowest BCUT2D eigenvalue weighted by atomic mass is 9.99. The van der Waals surface area contributed by atoms with Crippen LogP contribution in [0.2, 0.25) is 0 Å². The van der Waals surface area contributed by atoms with Crippen molar-refractivity contribution >= 4 is 11.9 Å². The van der Waals surface area contributed by atoms with E-state index in [2.05, 4.69) is 5.32 Å². The first-order valence-corrected chi connectivity index (χ1v) is 6.10. The summed E-state index contributed by atoms with van der Waals surface area (Å²) in [6.45, 7) is 4.50. The molecule has 3 atom stereocenters. The molecule has 17 heavy (non-hydrogen) atoms. The van der Waals surface area contributed by atoms with Gasteiger partial charge in [0.15, 0.2) is 0 Å². The number of amides is 1. The fourth-order valence-corrected chi connectivity index (χ4v) is 1.83. The topological polar surface area (TPSA) is 64.6 Å². The first kappa shape index (κ1) is 14.0. The van der Waals surface area contributed by atoms with Crippen LogP contribution in [0.5, 0.6) is 0 Å². The molecular weight excluding hydrogens is 222 g/mol. The fourth-order valence-electron chi connectivity index (χ4n) is 1.83. The van der Waals surface area contributed by atoms with Crippen LogP contribution in [0.1, 0.15) is 33.1 Å². The zero-order valence-electron chi connectivity index (χ0n) is 10.7. The molecule has 0 aliphatic carbocycles. The molecule has 0 radical (unpaired) electrons. The van der Waals surface area contributed by atoms with Gasteiger partial charge in [0, 0.05) is 6.61 Å². The molecule has 0 aromatic rings. The van der Waals surface area contributed by atoms with Crippen molar-refractivity contribution in [3.8, 4) is 0 Å². The number of carbonyl (C=O) groups is 2. The van der Waals surface area contributed by atoms with Gasteiger partial charge < -0.3 is 14.8 Å². The van der Waals surface area contributed by atoms with E-state index in [1.165, 1.54) is 7.11 Å². The van der Waals surface area contributed by atoms with Crippen LogP contribution >= 0.6 is 0 Å². The molecule has 0 saturated carbocycles. The van der Waals surface area contributed by atoms with E-state index in [1.54, 1.807) is 0 Å². The van der Waals surface area contributed by atoms with E-state index in [-0.39, 0.29) is 11.8 Å². The predicted octanol–water partition coefficient (Wildman–Crippen LogP) is 0.869. The van der Waals surface area contributed by atoms with Crippen LogP contribution < -0.4 is 5.32 Å². The lowest BCUT2D eigenvalue weighted by molar-refractivity contribution is -0.148. The van der Waals surface area contributed by atoms with Gasteiger partial charge in [-0.3, -0.25) is 4.79 Å². The Balaban J connectivity index is 2.58. The third-order valence-corrected chi connectivity index (χ3v) is 3.19. The second kappa shape index (κ2) is 6.59. The Labute approximate surface area is 102 Å². The largest absolute Gasteiger partial charge is 0.467 e. The van der Waals surface area contributed by atoms with E-state index >= 15 is 0 Å². The summed E-state index contributed by atoms with van der Waals surface area (Å²) in [6, 6.07) is -0.582. The molecule has 1 aliphatic heterocycles. The van der Waals surface area contributed by atoms with Crippen LogP contribution in [0.15, 0.2) is 0 Å². The smallest absolute Gasteiger partial charge is 0.328 e. The summed E-state index contributed by atoms with van der Waals surface area (Å²) in [5.74, 6) is -0.559. The molecule has 1 fully saturated rings. The number of carbonyl (C=O) groups excluding carboxylic acids is 2. The molecule has 5 nitrogen and oxygen atoms in total. The Kier molecular flexibility index (Phi) is 5.41. The van der Waals surface area contributed by atoms with Crippen molar-refractivity contribution in [2.24, 2.45) is 5.92 Å². The first-order valence-electron chi connectivity index (χ1n) is 6.10. The third-order valence-electron chi connectivity index (χ3n) is 3.19. The molecule has 1 rings (SSSR count). The minimum atomic E-state index is -0.582.